The van der Waals surface area contributed by atoms with E-state index in [-0.39, 0.29) is 0 Å². The topological polar surface area (TPSA) is 70.5 Å². The standard InChI is InChI=1S/C41H49Cl2N5O2S/c1-41(2,3)35-18-23-46(24-19-35)21-5-22-48-39-20-25-47(51(4,49)50)29-37(39)40(45-48)34-14-17-38(43)33(26-34)13-10-30-6-8-31(9-7-30)27-44-28-32-11-15-36(42)16-12-32/h6-9,11-12,14-17,26,35,44H,5,18-25,27-29H2,1-4H3. The van der Waals surface area contributed by atoms with Gasteiger partial charge in [0.05, 0.1) is 17.0 Å². The number of rotatable bonds is 10. The van der Waals surface area contributed by atoms with Gasteiger partial charge in [-0.05, 0) is 97.8 Å². The molecule has 0 spiro atoms. The van der Waals surface area contributed by atoms with Crippen molar-refractivity contribution in [3.8, 4) is 23.1 Å². The fourth-order valence-corrected chi connectivity index (χ4v) is 8.28. The summed E-state index contributed by atoms with van der Waals surface area (Å²) in [5.74, 6) is 7.33. The van der Waals surface area contributed by atoms with Crippen LogP contribution in [0.5, 0.6) is 0 Å². The van der Waals surface area contributed by atoms with Gasteiger partial charge in [0.2, 0.25) is 10.0 Å². The first-order chi connectivity index (χ1) is 24.3. The first kappa shape index (κ1) is 37.6. The summed E-state index contributed by atoms with van der Waals surface area (Å²) >= 11 is 12.7. The number of aromatic nitrogens is 2. The summed E-state index contributed by atoms with van der Waals surface area (Å²) in [6.45, 7) is 13.5. The van der Waals surface area contributed by atoms with E-state index in [2.05, 4.69) is 59.6 Å². The second-order valence-electron chi connectivity index (χ2n) is 15.1. The van der Waals surface area contributed by atoms with Crippen molar-refractivity contribution in [2.45, 2.75) is 72.6 Å². The number of fused-ring (bicyclic) bond motifs is 1. The van der Waals surface area contributed by atoms with Crippen molar-refractivity contribution >= 4 is 33.2 Å². The lowest BCUT2D eigenvalue weighted by atomic mass is 9.75. The van der Waals surface area contributed by atoms with Gasteiger partial charge in [0, 0.05) is 72.1 Å². The molecule has 4 aromatic rings. The van der Waals surface area contributed by atoms with Gasteiger partial charge in [-0.3, -0.25) is 4.68 Å². The molecule has 0 radical (unpaired) electrons. The predicted molar refractivity (Wildman–Crippen MR) is 209 cm³/mol. The molecule has 3 aromatic carbocycles. The molecule has 6 rings (SSSR count). The molecule has 270 valence electrons. The highest BCUT2D eigenvalue weighted by Gasteiger charge is 2.31. The number of hydrogen-bond donors (Lipinski definition) is 1. The third-order valence-corrected chi connectivity index (χ3v) is 12.2. The lowest BCUT2D eigenvalue weighted by Gasteiger charge is -2.38. The van der Waals surface area contributed by atoms with Crippen LogP contribution in [-0.4, -0.2) is 59.8 Å². The maximum absolute atomic E-state index is 12.6. The second kappa shape index (κ2) is 16.2. The van der Waals surface area contributed by atoms with Crippen LogP contribution in [0.2, 0.25) is 10.0 Å². The monoisotopic (exact) mass is 745 g/mol. The van der Waals surface area contributed by atoms with Crippen molar-refractivity contribution in [1.82, 2.24) is 24.3 Å². The zero-order valence-corrected chi connectivity index (χ0v) is 32.5. The fourth-order valence-electron chi connectivity index (χ4n) is 7.20. The van der Waals surface area contributed by atoms with Crippen molar-refractivity contribution in [3.05, 3.63) is 110 Å². The molecular formula is C41H49Cl2N5O2S. The molecule has 0 saturated carbocycles. The summed E-state index contributed by atoms with van der Waals surface area (Å²) in [5, 5.41) is 9.90. The Morgan fingerprint density at radius 1 is 0.882 bits per heavy atom. The number of benzene rings is 3. The lowest BCUT2D eigenvalue weighted by Crippen LogP contribution is -2.38. The van der Waals surface area contributed by atoms with E-state index < -0.39 is 10.0 Å². The van der Waals surface area contributed by atoms with E-state index in [1.165, 1.54) is 30.2 Å². The van der Waals surface area contributed by atoms with Crippen LogP contribution in [0.3, 0.4) is 0 Å². The summed E-state index contributed by atoms with van der Waals surface area (Å²) in [7, 11) is -3.34. The van der Waals surface area contributed by atoms with Gasteiger partial charge in [-0.15, -0.1) is 0 Å². The van der Waals surface area contributed by atoms with Crippen LogP contribution < -0.4 is 5.32 Å². The number of halogens is 2. The minimum Gasteiger partial charge on any atom is -0.309 e. The molecule has 51 heavy (non-hydrogen) atoms. The summed E-state index contributed by atoms with van der Waals surface area (Å²) in [4.78, 5) is 2.59. The minimum atomic E-state index is -3.34. The number of sulfonamides is 1. The molecule has 7 nitrogen and oxygen atoms in total. The molecule has 1 aromatic heterocycles. The highest BCUT2D eigenvalue weighted by Crippen LogP contribution is 2.35. The van der Waals surface area contributed by atoms with Crippen LogP contribution in [0.4, 0.5) is 0 Å². The Morgan fingerprint density at radius 2 is 1.55 bits per heavy atom. The second-order valence-corrected chi connectivity index (χ2v) is 17.9. The van der Waals surface area contributed by atoms with Crippen LogP contribution in [0.15, 0.2) is 66.7 Å². The highest BCUT2D eigenvalue weighted by atomic mass is 35.5. The summed E-state index contributed by atoms with van der Waals surface area (Å²) in [5.41, 5.74) is 8.12. The zero-order chi connectivity index (χ0) is 36.2. The summed E-state index contributed by atoms with van der Waals surface area (Å²) < 4.78 is 28.9. The number of aryl methyl sites for hydroxylation is 1. The molecule has 0 unspecified atom stereocenters. The number of likely N-dealkylation sites (tertiary alicyclic amines) is 1. The maximum Gasteiger partial charge on any atom is 0.211 e. The molecule has 0 aliphatic carbocycles. The SMILES string of the molecule is CC(C)(C)C1CCN(CCCn2nc(-c3ccc(Cl)c(C#Cc4ccc(CNCc5ccc(Cl)cc5)cc4)c3)c3c2CCN(S(C)(=O)=O)C3)CC1. The normalized spacial score (nSPS) is 16.1. The van der Waals surface area contributed by atoms with Gasteiger partial charge in [-0.25, -0.2) is 8.42 Å². The Kier molecular flexibility index (Phi) is 12.0. The van der Waals surface area contributed by atoms with E-state index in [1.807, 2.05) is 54.6 Å². The van der Waals surface area contributed by atoms with Crippen LogP contribution in [-0.2, 0) is 42.6 Å². The highest BCUT2D eigenvalue weighted by molar-refractivity contribution is 7.88. The van der Waals surface area contributed by atoms with Crippen molar-refractivity contribution in [2.24, 2.45) is 11.3 Å². The van der Waals surface area contributed by atoms with E-state index in [9.17, 15) is 8.42 Å². The molecule has 2 aliphatic rings. The molecule has 1 saturated heterocycles. The van der Waals surface area contributed by atoms with Gasteiger partial charge in [0.1, 0.15) is 0 Å². The molecule has 0 atom stereocenters. The Hall–Kier alpha value is -3.16. The first-order valence-corrected chi connectivity index (χ1v) is 20.6. The van der Waals surface area contributed by atoms with Gasteiger partial charge in [0.25, 0.3) is 0 Å². The molecular weight excluding hydrogens is 697 g/mol. The van der Waals surface area contributed by atoms with Crippen molar-refractivity contribution in [2.75, 3.05) is 32.4 Å². The van der Waals surface area contributed by atoms with Crippen molar-refractivity contribution < 1.29 is 8.42 Å². The van der Waals surface area contributed by atoms with Gasteiger partial charge in [-0.1, -0.05) is 86.1 Å². The average Bonchev–Trinajstić information content (AvgIpc) is 3.46. The number of nitrogens with zero attached hydrogens (tertiary/aromatic N) is 4. The van der Waals surface area contributed by atoms with E-state index in [0.717, 1.165) is 84.7 Å². The molecule has 0 amide bonds. The fraction of sp³-hybridized carbons (Fsp3) is 0.439. The molecule has 2 aliphatic heterocycles. The largest absolute Gasteiger partial charge is 0.309 e. The van der Waals surface area contributed by atoms with Gasteiger partial charge >= 0.3 is 0 Å². The molecule has 10 heteroatoms. The van der Waals surface area contributed by atoms with Gasteiger partial charge in [0.15, 0.2) is 0 Å². The van der Waals surface area contributed by atoms with E-state index in [0.29, 0.717) is 35.5 Å². The number of hydrogen-bond acceptors (Lipinski definition) is 5. The Labute approximate surface area is 314 Å². The van der Waals surface area contributed by atoms with Crippen LogP contribution in [0.1, 0.15) is 73.5 Å². The number of nitrogens with one attached hydrogen (secondary N) is 1. The smallest absolute Gasteiger partial charge is 0.211 e. The zero-order valence-electron chi connectivity index (χ0n) is 30.2. The molecule has 3 heterocycles. The van der Waals surface area contributed by atoms with Gasteiger partial charge in [-0.2, -0.15) is 9.40 Å². The van der Waals surface area contributed by atoms with E-state index in [1.54, 1.807) is 4.31 Å². The summed E-state index contributed by atoms with van der Waals surface area (Å²) in [6, 6.07) is 21.9. The lowest BCUT2D eigenvalue weighted by molar-refractivity contribution is 0.110. The Balaban J connectivity index is 1.15. The third kappa shape index (κ3) is 9.84. The third-order valence-electron chi connectivity index (χ3n) is 10.3. The minimum absolute atomic E-state index is 0.314. The first-order valence-electron chi connectivity index (χ1n) is 18.0. The van der Waals surface area contributed by atoms with Crippen molar-refractivity contribution in [3.63, 3.8) is 0 Å². The summed E-state index contributed by atoms with van der Waals surface area (Å²) in [6.07, 6.45) is 5.42. The van der Waals surface area contributed by atoms with Gasteiger partial charge < -0.3 is 10.2 Å². The van der Waals surface area contributed by atoms with E-state index >= 15 is 0 Å². The molecule has 1 N–H and O–H groups in total. The number of piperidine rings is 1. The van der Waals surface area contributed by atoms with Crippen LogP contribution >= 0.6 is 23.2 Å². The Morgan fingerprint density at radius 3 is 2.20 bits per heavy atom. The molecule has 1 fully saturated rings. The van der Waals surface area contributed by atoms with Crippen LogP contribution in [0, 0.1) is 23.2 Å². The molecule has 0 bridgehead atoms. The maximum atomic E-state index is 12.6. The predicted octanol–water partition coefficient (Wildman–Crippen LogP) is 8.01. The van der Waals surface area contributed by atoms with Crippen molar-refractivity contribution in [1.29, 1.82) is 0 Å². The van der Waals surface area contributed by atoms with Crippen LogP contribution in [0.25, 0.3) is 11.3 Å². The Bertz CT molecular complexity index is 1980. The average molecular weight is 747 g/mol. The quantitative estimate of drug-likeness (QED) is 0.167. The van der Waals surface area contributed by atoms with E-state index in [4.69, 9.17) is 28.3 Å².